The van der Waals surface area contributed by atoms with E-state index in [1.165, 1.54) is 12.8 Å². The molecular weight excluding hydrogens is 384 g/mol. The molecule has 0 spiro atoms. The zero-order valence-electron chi connectivity index (χ0n) is 17.7. The Morgan fingerprint density at radius 1 is 0.774 bits per heavy atom. The van der Waals surface area contributed by atoms with E-state index < -0.39 is 0 Å². The maximum Gasteiger partial charge on any atom is 0.162 e. The van der Waals surface area contributed by atoms with Gasteiger partial charge in [-0.15, -0.1) is 0 Å². The second kappa shape index (κ2) is 8.68. The molecule has 1 aliphatic carbocycles. The summed E-state index contributed by atoms with van der Waals surface area (Å²) < 4.78 is 11.9. The van der Waals surface area contributed by atoms with Gasteiger partial charge in [0.15, 0.2) is 11.5 Å². The van der Waals surface area contributed by atoms with Crippen molar-refractivity contribution in [1.29, 1.82) is 0 Å². The van der Waals surface area contributed by atoms with E-state index in [9.17, 15) is 0 Å². The average molecular weight is 411 g/mol. The molecule has 4 nitrogen and oxygen atoms in total. The molecule has 0 amide bonds. The molecule has 1 heterocycles. The Hall–Kier alpha value is -3.53. The van der Waals surface area contributed by atoms with Crippen LogP contribution in [0.1, 0.15) is 25.7 Å². The Kier molecular flexibility index (Phi) is 5.44. The highest BCUT2D eigenvalue weighted by molar-refractivity contribution is 5.81. The smallest absolute Gasteiger partial charge is 0.162 e. The van der Waals surface area contributed by atoms with Gasteiger partial charge < -0.3 is 14.5 Å². The molecule has 156 valence electrons. The lowest BCUT2D eigenvalue weighted by Crippen LogP contribution is -2.11. The van der Waals surface area contributed by atoms with Gasteiger partial charge in [-0.25, -0.2) is 4.98 Å². The zero-order valence-corrected chi connectivity index (χ0v) is 17.7. The predicted molar refractivity (Wildman–Crippen MR) is 124 cm³/mol. The van der Waals surface area contributed by atoms with Crippen LogP contribution in [0.2, 0.25) is 0 Å². The molecule has 0 bridgehead atoms. The summed E-state index contributed by atoms with van der Waals surface area (Å²) in [6.07, 6.45) is 4.92. The Labute approximate surface area is 182 Å². The number of benzene rings is 3. The van der Waals surface area contributed by atoms with E-state index in [2.05, 4.69) is 29.2 Å². The van der Waals surface area contributed by atoms with Gasteiger partial charge in [0.1, 0.15) is 5.82 Å². The number of aromatic nitrogens is 2. The number of hydrogen-bond donors (Lipinski definition) is 1. The Balaban J connectivity index is 1.58. The van der Waals surface area contributed by atoms with Gasteiger partial charge >= 0.3 is 0 Å². The molecule has 0 unspecified atom stereocenters. The number of nitrogens with zero attached hydrogens (tertiary/aromatic N) is 1. The van der Waals surface area contributed by atoms with Crippen LogP contribution in [0.3, 0.4) is 0 Å². The fourth-order valence-corrected chi connectivity index (χ4v) is 4.23. The third kappa shape index (κ3) is 4.06. The van der Waals surface area contributed by atoms with Crippen LogP contribution in [0.15, 0.2) is 78.9 Å². The quantitative estimate of drug-likeness (QED) is 0.383. The molecule has 1 saturated carbocycles. The second-order valence-corrected chi connectivity index (χ2v) is 7.93. The fraction of sp³-hybridized carbons (Fsp3) is 0.222. The number of methoxy groups -OCH3 is 1. The first kappa shape index (κ1) is 19.4. The third-order valence-corrected chi connectivity index (χ3v) is 5.85. The number of aromatic amines is 1. The maximum absolute atomic E-state index is 6.30. The SMILES string of the molecule is COc1ccc(-c2nc(-c3ccccc3)c(-c3ccccc3)[nH]2)cc1OC1CCCC1. The molecule has 1 N–H and O–H groups in total. The molecule has 3 aromatic carbocycles. The van der Waals surface area contributed by atoms with Gasteiger partial charge in [-0.1, -0.05) is 60.7 Å². The number of imidazole rings is 1. The first-order valence-electron chi connectivity index (χ1n) is 10.9. The highest BCUT2D eigenvalue weighted by Crippen LogP contribution is 2.37. The standard InChI is InChI=1S/C27H26N2O2/c1-30-23-17-16-21(18-24(23)31-22-14-8-9-15-22)27-28-25(19-10-4-2-5-11-19)26(29-27)20-12-6-3-7-13-20/h2-7,10-13,16-18,22H,8-9,14-15H2,1H3,(H,28,29). The molecule has 0 aliphatic heterocycles. The highest BCUT2D eigenvalue weighted by atomic mass is 16.5. The van der Waals surface area contributed by atoms with Crippen molar-refractivity contribution < 1.29 is 9.47 Å². The lowest BCUT2D eigenvalue weighted by Gasteiger charge is -2.16. The monoisotopic (exact) mass is 410 g/mol. The van der Waals surface area contributed by atoms with Gasteiger partial charge in [0.05, 0.1) is 24.6 Å². The van der Waals surface area contributed by atoms with Crippen molar-refractivity contribution in [2.75, 3.05) is 7.11 Å². The van der Waals surface area contributed by atoms with Crippen molar-refractivity contribution in [2.24, 2.45) is 0 Å². The number of H-pyrrole nitrogens is 1. The number of nitrogens with one attached hydrogen (secondary N) is 1. The first-order chi connectivity index (χ1) is 15.3. The summed E-state index contributed by atoms with van der Waals surface area (Å²) in [5.41, 5.74) is 5.12. The lowest BCUT2D eigenvalue weighted by molar-refractivity contribution is 0.201. The van der Waals surface area contributed by atoms with E-state index in [0.717, 1.165) is 58.2 Å². The van der Waals surface area contributed by atoms with E-state index in [4.69, 9.17) is 14.5 Å². The van der Waals surface area contributed by atoms with E-state index in [1.54, 1.807) is 7.11 Å². The van der Waals surface area contributed by atoms with E-state index in [0.29, 0.717) is 0 Å². The van der Waals surface area contributed by atoms with E-state index in [1.807, 2.05) is 54.6 Å². The minimum atomic E-state index is 0.264. The van der Waals surface area contributed by atoms with Crippen LogP contribution in [-0.2, 0) is 0 Å². The summed E-state index contributed by atoms with van der Waals surface area (Å²) in [5.74, 6) is 2.36. The maximum atomic E-state index is 6.30. The van der Waals surface area contributed by atoms with Crippen LogP contribution in [0.5, 0.6) is 11.5 Å². The lowest BCUT2D eigenvalue weighted by atomic mass is 10.1. The van der Waals surface area contributed by atoms with Crippen molar-refractivity contribution in [2.45, 2.75) is 31.8 Å². The van der Waals surface area contributed by atoms with Gasteiger partial charge in [0.2, 0.25) is 0 Å². The van der Waals surface area contributed by atoms with Crippen molar-refractivity contribution in [3.63, 3.8) is 0 Å². The summed E-state index contributed by atoms with van der Waals surface area (Å²) >= 11 is 0. The fourth-order valence-electron chi connectivity index (χ4n) is 4.23. The van der Waals surface area contributed by atoms with Crippen molar-refractivity contribution in [3.05, 3.63) is 78.9 Å². The van der Waals surface area contributed by atoms with Crippen LogP contribution in [0, 0.1) is 0 Å². The molecule has 1 aromatic heterocycles. The molecule has 4 heteroatoms. The Bertz CT molecular complexity index is 1090. The zero-order chi connectivity index (χ0) is 21.0. The number of ether oxygens (including phenoxy) is 2. The van der Waals surface area contributed by atoms with Crippen molar-refractivity contribution in [3.8, 4) is 45.4 Å². The summed E-state index contributed by atoms with van der Waals surface area (Å²) in [6, 6.07) is 26.7. The predicted octanol–water partition coefficient (Wildman–Crippen LogP) is 6.74. The first-order valence-corrected chi connectivity index (χ1v) is 10.9. The van der Waals surface area contributed by atoms with Crippen LogP contribution >= 0.6 is 0 Å². The number of hydrogen-bond acceptors (Lipinski definition) is 3. The van der Waals surface area contributed by atoms with Gasteiger partial charge in [-0.3, -0.25) is 0 Å². The van der Waals surface area contributed by atoms with Gasteiger partial charge in [-0.2, -0.15) is 0 Å². The average Bonchev–Trinajstić information content (AvgIpc) is 3.50. The van der Waals surface area contributed by atoms with Gasteiger partial charge in [0, 0.05) is 16.7 Å². The molecule has 5 rings (SSSR count). The summed E-state index contributed by atoms with van der Waals surface area (Å²) in [6.45, 7) is 0. The Morgan fingerprint density at radius 3 is 2.13 bits per heavy atom. The molecule has 1 aliphatic rings. The molecule has 0 radical (unpaired) electrons. The normalized spacial score (nSPS) is 14.0. The van der Waals surface area contributed by atoms with Gasteiger partial charge in [0.25, 0.3) is 0 Å². The third-order valence-electron chi connectivity index (χ3n) is 5.85. The molecule has 4 aromatic rings. The summed E-state index contributed by atoms with van der Waals surface area (Å²) in [7, 11) is 1.68. The minimum absolute atomic E-state index is 0.264. The molecule has 0 atom stereocenters. The summed E-state index contributed by atoms with van der Waals surface area (Å²) in [4.78, 5) is 8.57. The molecule has 31 heavy (non-hydrogen) atoms. The van der Waals surface area contributed by atoms with Gasteiger partial charge in [-0.05, 0) is 43.9 Å². The minimum Gasteiger partial charge on any atom is -0.493 e. The highest BCUT2D eigenvalue weighted by Gasteiger charge is 2.20. The van der Waals surface area contributed by atoms with Crippen LogP contribution in [0.4, 0.5) is 0 Å². The molecular formula is C27H26N2O2. The van der Waals surface area contributed by atoms with Crippen LogP contribution < -0.4 is 9.47 Å². The molecule has 0 saturated heterocycles. The number of rotatable bonds is 6. The van der Waals surface area contributed by atoms with Crippen LogP contribution in [0.25, 0.3) is 33.9 Å². The van der Waals surface area contributed by atoms with Crippen LogP contribution in [-0.4, -0.2) is 23.2 Å². The largest absolute Gasteiger partial charge is 0.493 e. The summed E-state index contributed by atoms with van der Waals surface area (Å²) in [5, 5.41) is 0. The van der Waals surface area contributed by atoms with Crippen molar-refractivity contribution in [1.82, 2.24) is 9.97 Å². The van der Waals surface area contributed by atoms with E-state index >= 15 is 0 Å². The van der Waals surface area contributed by atoms with Crippen molar-refractivity contribution >= 4 is 0 Å². The Morgan fingerprint density at radius 2 is 1.45 bits per heavy atom. The van der Waals surface area contributed by atoms with E-state index in [-0.39, 0.29) is 6.10 Å². The topological polar surface area (TPSA) is 47.1 Å². The molecule has 1 fully saturated rings. The second-order valence-electron chi connectivity index (χ2n) is 7.93.